The molecule has 0 rings (SSSR count). The first-order valence-electron chi connectivity index (χ1n) is 6.29. The van der Waals surface area contributed by atoms with Gasteiger partial charge in [-0.3, -0.25) is 0 Å². The van der Waals surface area contributed by atoms with E-state index in [1.54, 1.807) is 0 Å². The van der Waals surface area contributed by atoms with Crippen LogP contribution in [0.15, 0.2) is 0 Å². The Morgan fingerprint density at radius 3 is 2.00 bits per heavy atom. The summed E-state index contributed by atoms with van der Waals surface area (Å²) in [4.78, 5) is 10.6. The fraction of sp³-hybridized carbons (Fsp3) is 0.917. The SMILES string of the molecule is CCC[C@H](CC=O)O[Si](CC)(CC)CC. The summed E-state index contributed by atoms with van der Waals surface area (Å²) in [6, 6.07) is 3.50. The highest BCUT2D eigenvalue weighted by molar-refractivity contribution is 6.73. The van der Waals surface area contributed by atoms with E-state index in [9.17, 15) is 4.79 Å². The van der Waals surface area contributed by atoms with Crippen molar-refractivity contribution >= 4 is 14.6 Å². The first kappa shape index (κ1) is 14.8. The number of aldehydes is 1. The van der Waals surface area contributed by atoms with Crippen molar-refractivity contribution in [1.82, 2.24) is 0 Å². The van der Waals surface area contributed by atoms with Crippen LogP contribution in [0.1, 0.15) is 47.0 Å². The summed E-state index contributed by atoms with van der Waals surface area (Å²) in [6.07, 6.45) is 3.87. The van der Waals surface area contributed by atoms with Gasteiger partial charge in [-0.1, -0.05) is 34.1 Å². The van der Waals surface area contributed by atoms with E-state index < -0.39 is 8.32 Å². The van der Waals surface area contributed by atoms with Crippen LogP contribution in [0.4, 0.5) is 0 Å². The largest absolute Gasteiger partial charge is 0.414 e. The maximum atomic E-state index is 10.6. The standard InChI is InChI=1S/C12H26O2Si/c1-5-9-12(10-11-13)14-15(6-2,7-3)8-4/h11-12H,5-10H2,1-4H3/t12-/m1/s1. The molecule has 1 atom stereocenters. The van der Waals surface area contributed by atoms with Crippen LogP contribution in [0.25, 0.3) is 0 Å². The average molecular weight is 230 g/mol. The van der Waals surface area contributed by atoms with E-state index in [1.807, 2.05) is 0 Å². The van der Waals surface area contributed by atoms with E-state index >= 15 is 0 Å². The maximum absolute atomic E-state index is 10.6. The molecule has 0 bridgehead atoms. The summed E-state index contributed by atoms with van der Waals surface area (Å²) in [5.41, 5.74) is 0. The summed E-state index contributed by atoms with van der Waals surface area (Å²) >= 11 is 0. The number of hydrogen-bond acceptors (Lipinski definition) is 2. The fourth-order valence-electron chi connectivity index (χ4n) is 2.01. The highest BCUT2D eigenvalue weighted by Crippen LogP contribution is 2.25. The minimum Gasteiger partial charge on any atom is -0.414 e. The van der Waals surface area contributed by atoms with Gasteiger partial charge in [0.15, 0.2) is 8.32 Å². The lowest BCUT2D eigenvalue weighted by Gasteiger charge is -2.32. The molecule has 3 heteroatoms. The highest BCUT2D eigenvalue weighted by atomic mass is 28.4. The normalized spacial score (nSPS) is 13.9. The lowest BCUT2D eigenvalue weighted by atomic mass is 10.2. The van der Waals surface area contributed by atoms with Crippen molar-refractivity contribution < 1.29 is 9.22 Å². The van der Waals surface area contributed by atoms with E-state index in [2.05, 4.69) is 27.7 Å². The van der Waals surface area contributed by atoms with Crippen LogP contribution in [0, 0.1) is 0 Å². The Kier molecular flexibility index (Phi) is 7.97. The van der Waals surface area contributed by atoms with Gasteiger partial charge in [-0.05, 0) is 24.6 Å². The van der Waals surface area contributed by atoms with E-state index in [4.69, 9.17) is 4.43 Å². The smallest absolute Gasteiger partial charge is 0.192 e. The van der Waals surface area contributed by atoms with Gasteiger partial charge in [0.1, 0.15) is 6.29 Å². The minimum absolute atomic E-state index is 0.180. The van der Waals surface area contributed by atoms with E-state index in [0.29, 0.717) is 6.42 Å². The van der Waals surface area contributed by atoms with Gasteiger partial charge in [0, 0.05) is 6.42 Å². The monoisotopic (exact) mass is 230 g/mol. The lowest BCUT2D eigenvalue weighted by molar-refractivity contribution is -0.109. The molecule has 0 saturated heterocycles. The maximum Gasteiger partial charge on any atom is 0.192 e. The van der Waals surface area contributed by atoms with Gasteiger partial charge >= 0.3 is 0 Å². The quantitative estimate of drug-likeness (QED) is 0.445. The van der Waals surface area contributed by atoms with Crippen molar-refractivity contribution in [1.29, 1.82) is 0 Å². The number of carbonyl (C=O) groups excluding carboxylic acids is 1. The van der Waals surface area contributed by atoms with Crippen LogP contribution in [0.5, 0.6) is 0 Å². The van der Waals surface area contributed by atoms with Crippen molar-refractivity contribution in [2.75, 3.05) is 0 Å². The van der Waals surface area contributed by atoms with Gasteiger partial charge in [0.05, 0.1) is 6.10 Å². The Balaban J connectivity index is 4.37. The Morgan fingerprint density at radius 1 is 1.13 bits per heavy atom. The van der Waals surface area contributed by atoms with Crippen molar-refractivity contribution in [2.45, 2.75) is 71.2 Å². The third-order valence-corrected chi connectivity index (χ3v) is 8.02. The molecule has 2 nitrogen and oxygen atoms in total. The third kappa shape index (κ3) is 4.93. The van der Waals surface area contributed by atoms with Gasteiger partial charge in [-0.25, -0.2) is 0 Å². The molecule has 0 amide bonds. The van der Waals surface area contributed by atoms with Crippen LogP contribution in [-0.2, 0) is 9.22 Å². The average Bonchev–Trinajstić information content (AvgIpc) is 2.27. The molecule has 0 heterocycles. The Bertz CT molecular complexity index is 159. The van der Waals surface area contributed by atoms with Crippen LogP contribution < -0.4 is 0 Å². The Hall–Kier alpha value is -0.153. The second kappa shape index (κ2) is 8.05. The first-order chi connectivity index (χ1) is 7.17. The summed E-state index contributed by atoms with van der Waals surface area (Å²) in [5, 5.41) is 0. The van der Waals surface area contributed by atoms with Crippen LogP contribution >= 0.6 is 0 Å². The summed E-state index contributed by atoms with van der Waals surface area (Å²) in [5.74, 6) is 0. The molecule has 0 aliphatic heterocycles. The molecule has 0 N–H and O–H groups in total. The molecule has 0 fully saturated rings. The van der Waals surface area contributed by atoms with Crippen LogP contribution in [-0.4, -0.2) is 20.7 Å². The molecule has 0 aromatic heterocycles. The molecule has 0 radical (unpaired) electrons. The zero-order chi connectivity index (χ0) is 11.7. The molecular weight excluding hydrogens is 204 g/mol. The summed E-state index contributed by atoms with van der Waals surface area (Å²) in [6.45, 7) is 8.82. The predicted octanol–water partition coefficient (Wildman–Crippen LogP) is 3.77. The van der Waals surface area contributed by atoms with Crippen LogP contribution in [0.2, 0.25) is 18.1 Å². The molecule has 0 aliphatic carbocycles. The molecule has 0 unspecified atom stereocenters. The van der Waals surface area contributed by atoms with E-state index in [1.165, 1.54) is 18.1 Å². The van der Waals surface area contributed by atoms with Gasteiger partial charge in [0.2, 0.25) is 0 Å². The lowest BCUT2D eigenvalue weighted by Crippen LogP contribution is -2.40. The van der Waals surface area contributed by atoms with Crippen molar-refractivity contribution in [3.8, 4) is 0 Å². The molecule has 0 aliphatic rings. The van der Waals surface area contributed by atoms with Crippen molar-refractivity contribution in [3.63, 3.8) is 0 Å². The zero-order valence-corrected chi connectivity index (χ0v) is 11.7. The Morgan fingerprint density at radius 2 is 1.67 bits per heavy atom. The predicted molar refractivity (Wildman–Crippen MR) is 67.7 cm³/mol. The topological polar surface area (TPSA) is 26.3 Å². The molecule has 15 heavy (non-hydrogen) atoms. The number of rotatable bonds is 9. The first-order valence-corrected chi connectivity index (χ1v) is 8.82. The zero-order valence-electron chi connectivity index (χ0n) is 10.7. The number of hydrogen-bond donors (Lipinski definition) is 0. The summed E-state index contributed by atoms with van der Waals surface area (Å²) in [7, 11) is -1.51. The van der Waals surface area contributed by atoms with Crippen LogP contribution in [0.3, 0.4) is 0 Å². The second-order valence-electron chi connectivity index (χ2n) is 4.17. The third-order valence-electron chi connectivity index (χ3n) is 3.32. The van der Waals surface area contributed by atoms with E-state index in [-0.39, 0.29) is 6.10 Å². The summed E-state index contributed by atoms with van der Waals surface area (Å²) < 4.78 is 6.27. The van der Waals surface area contributed by atoms with E-state index in [0.717, 1.165) is 19.1 Å². The molecular formula is C12H26O2Si. The highest BCUT2D eigenvalue weighted by Gasteiger charge is 2.31. The van der Waals surface area contributed by atoms with Crippen molar-refractivity contribution in [2.24, 2.45) is 0 Å². The van der Waals surface area contributed by atoms with Gasteiger partial charge in [-0.2, -0.15) is 0 Å². The Labute approximate surface area is 95.5 Å². The fourth-order valence-corrected chi connectivity index (χ4v) is 4.93. The van der Waals surface area contributed by atoms with Gasteiger partial charge in [0.25, 0.3) is 0 Å². The molecule has 0 aromatic carbocycles. The molecule has 0 spiro atoms. The molecule has 90 valence electrons. The second-order valence-corrected chi connectivity index (χ2v) is 8.90. The minimum atomic E-state index is -1.51. The van der Waals surface area contributed by atoms with Crippen molar-refractivity contribution in [3.05, 3.63) is 0 Å². The number of carbonyl (C=O) groups is 1. The molecule has 0 saturated carbocycles. The van der Waals surface area contributed by atoms with Gasteiger partial charge in [-0.15, -0.1) is 0 Å². The van der Waals surface area contributed by atoms with Gasteiger partial charge < -0.3 is 9.22 Å². The molecule has 0 aromatic rings.